The fraction of sp³-hybridized carbons (Fsp3) is 0.200. The fourth-order valence-corrected chi connectivity index (χ4v) is 3.54. The molecule has 2 aromatic rings. The molecule has 0 nitrogen and oxygen atoms in total. The molecule has 0 aromatic heterocycles. The van der Waals surface area contributed by atoms with Gasteiger partial charge in [0.1, 0.15) is 0 Å². The maximum atomic E-state index is 2.25. The number of hydrogen-bond donors (Lipinski definition) is 0. The Hall–Kier alpha value is -2.08. The molecule has 2 aliphatic rings. The zero-order chi connectivity index (χ0) is 13.4. The minimum absolute atomic E-state index is 1.26. The van der Waals surface area contributed by atoms with Crippen LogP contribution in [0, 0.1) is 0 Å². The Balaban J connectivity index is 1.86. The first kappa shape index (κ1) is 11.7. The van der Waals surface area contributed by atoms with Crippen molar-refractivity contribution in [1.29, 1.82) is 0 Å². The van der Waals surface area contributed by atoms with E-state index in [1.54, 1.807) is 11.1 Å². The molecule has 0 bridgehead atoms. The minimum Gasteiger partial charge on any atom is -0.0622 e. The van der Waals surface area contributed by atoms with Gasteiger partial charge in [0.05, 0.1) is 0 Å². The Morgan fingerprint density at radius 1 is 0.500 bits per heavy atom. The average Bonchev–Trinajstić information content (AvgIpc) is 2.51. The lowest BCUT2D eigenvalue weighted by Crippen LogP contribution is -2.14. The van der Waals surface area contributed by atoms with Gasteiger partial charge in [0, 0.05) is 0 Å². The van der Waals surface area contributed by atoms with E-state index in [4.69, 9.17) is 0 Å². The van der Waals surface area contributed by atoms with Crippen molar-refractivity contribution in [2.24, 2.45) is 0 Å². The highest BCUT2D eigenvalue weighted by atomic mass is 14.3. The monoisotopic (exact) mass is 258 g/mol. The molecule has 0 N–H and O–H groups in total. The third-order valence-corrected chi connectivity index (χ3v) is 4.45. The lowest BCUT2D eigenvalue weighted by Gasteiger charge is -2.35. The summed E-state index contributed by atoms with van der Waals surface area (Å²) in [7, 11) is 0. The van der Waals surface area contributed by atoms with Gasteiger partial charge in [-0.15, -0.1) is 0 Å². The average molecular weight is 258 g/mol. The lowest BCUT2D eigenvalue weighted by molar-refractivity contribution is 0.690. The van der Waals surface area contributed by atoms with Crippen LogP contribution in [0.5, 0.6) is 0 Å². The summed E-state index contributed by atoms with van der Waals surface area (Å²) in [5.41, 5.74) is 9.03. The van der Waals surface area contributed by atoms with Gasteiger partial charge in [-0.1, -0.05) is 60.7 Å². The van der Waals surface area contributed by atoms with Gasteiger partial charge >= 0.3 is 0 Å². The predicted octanol–water partition coefficient (Wildman–Crippen LogP) is 5.48. The van der Waals surface area contributed by atoms with Crippen molar-refractivity contribution < 1.29 is 0 Å². The smallest absolute Gasteiger partial charge is 0.00675 e. The van der Waals surface area contributed by atoms with E-state index in [0.29, 0.717) is 0 Å². The second-order valence-electron chi connectivity index (χ2n) is 5.65. The zero-order valence-electron chi connectivity index (χ0n) is 11.6. The quantitative estimate of drug-likeness (QED) is 0.669. The molecule has 0 amide bonds. The SMILES string of the molecule is c1ccc(C2=C(c3ccccc3)C3=C2CCCC3)cc1. The van der Waals surface area contributed by atoms with Gasteiger partial charge < -0.3 is 0 Å². The van der Waals surface area contributed by atoms with Crippen LogP contribution in [-0.4, -0.2) is 0 Å². The highest BCUT2D eigenvalue weighted by molar-refractivity contribution is 6.13. The minimum atomic E-state index is 1.26. The molecular formula is C20H18. The van der Waals surface area contributed by atoms with Crippen LogP contribution in [0.3, 0.4) is 0 Å². The van der Waals surface area contributed by atoms with E-state index in [2.05, 4.69) is 60.7 Å². The van der Waals surface area contributed by atoms with Crippen LogP contribution in [0.4, 0.5) is 0 Å². The summed E-state index contributed by atoms with van der Waals surface area (Å²) >= 11 is 0. The Morgan fingerprint density at radius 2 is 0.900 bits per heavy atom. The van der Waals surface area contributed by atoms with Gasteiger partial charge in [0.15, 0.2) is 0 Å². The van der Waals surface area contributed by atoms with Crippen molar-refractivity contribution in [2.45, 2.75) is 25.7 Å². The zero-order valence-corrected chi connectivity index (χ0v) is 11.6. The summed E-state index contributed by atoms with van der Waals surface area (Å²) < 4.78 is 0. The molecule has 4 rings (SSSR count). The van der Waals surface area contributed by atoms with Gasteiger partial charge in [-0.05, 0) is 59.1 Å². The first-order chi connectivity index (χ1) is 9.95. The molecule has 0 spiro atoms. The van der Waals surface area contributed by atoms with Crippen molar-refractivity contribution in [3.63, 3.8) is 0 Å². The summed E-state index contributed by atoms with van der Waals surface area (Å²) in [5, 5.41) is 0. The molecule has 0 unspecified atom stereocenters. The van der Waals surface area contributed by atoms with E-state index >= 15 is 0 Å². The van der Waals surface area contributed by atoms with Crippen molar-refractivity contribution in [3.8, 4) is 0 Å². The molecule has 0 fully saturated rings. The van der Waals surface area contributed by atoms with Gasteiger partial charge in [-0.3, -0.25) is 0 Å². The predicted molar refractivity (Wildman–Crippen MR) is 85.2 cm³/mol. The molecule has 0 heteroatoms. The van der Waals surface area contributed by atoms with Gasteiger partial charge in [0.25, 0.3) is 0 Å². The van der Waals surface area contributed by atoms with Crippen LogP contribution in [0.1, 0.15) is 36.8 Å². The first-order valence-corrected chi connectivity index (χ1v) is 7.53. The maximum absolute atomic E-state index is 2.25. The molecule has 0 atom stereocenters. The Labute approximate surface area is 120 Å². The molecule has 2 aliphatic carbocycles. The summed E-state index contributed by atoms with van der Waals surface area (Å²) in [6, 6.07) is 21.8. The first-order valence-electron chi connectivity index (χ1n) is 7.53. The van der Waals surface area contributed by atoms with Crippen LogP contribution in [0.25, 0.3) is 11.1 Å². The second-order valence-corrected chi connectivity index (χ2v) is 5.65. The Bertz CT molecular complexity index is 626. The molecule has 0 saturated carbocycles. The Kier molecular flexibility index (Phi) is 2.81. The normalized spacial score (nSPS) is 17.8. The maximum Gasteiger partial charge on any atom is -0.00675 e. The topological polar surface area (TPSA) is 0 Å². The summed E-state index contributed by atoms with van der Waals surface area (Å²) in [6.45, 7) is 0. The molecule has 98 valence electrons. The molecule has 0 heterocycles. The van der Waals surface area contributed by atoms with Crippen LogP contribution in [0.15, 0.2) is 71.8 Å². The fourth-order valence-electron chi connectivity index (χ4n) is 3.54. The Morgan fingerprint density at radius 3 is 1.30 bits per heavy atom. The summed E-state index contributed by atoms with van der Waals surface area (Å²) in [4.78, 5) is 0. The highest BCUT2D eigenvalue weighted by Gasteiger charge is 2.31. The third-order valence-electron chi connectivity index (χ3n) is 4.45. The van der Waals surface area contributed by atoms with Crippen molar-refractivity contribution >= 4 is 11.1 Å². The molecular weight excluding hydrogens is 240 g/mol. The number of benzene rings is 2. The van der Waals surface area contributed by atoms with E-state index in [0.717, 1.165) is 0 Å². The third kappa shape index (κ3) is 1.76. The number of rotatable bonds is 2. The second kappa shape index (κ2) is 4.79. The van der Waals surface area contributed by atoms with Crippen LogP contribution in [-0.2, 0) is 0 Å². The molecule has 0 saturated heterocycles. The van der Waals surface area contributed by atoms with E-state index in [1.807, 2.05) is 0 Å². The molecule has 0 aliphatic heterocycles. The molecule has 2 aromatic carbocycles. The van der Waals surface area contributed by atoms with E-state index in [9.17, 15) is 0 Å². The number of hydrogen-bond acceptors (Lipinski definition) is 0. The van der Waals surface area contributed by atoms with Gasteiger partial charge in [-0.25, -0.2) is 0 Å². The van der Waals surface area contributed by atoms with E-state index in [1.165, 1.54) is 48.0 Å². The molecule has 0 radical (unpaired) electrons. The summed E-state index contributed by atoms with van der Waals surface area (Å²) in [6.07, 6.45) is 5.21. The van der Waals surface area contributed by atoms with Gasteiger partial charge in [-0.2, -0.15) is 0 Å². The molecule has 20 heavy (non-hydrogen) atoms. The van der Waals surface area contributed by atoms with Crippen molar-refractivity contribution in [1.82, 2.24) is 0 Å². The van der Waals surface area contributed by atoms with Crippen molar-refractivity contribution in [2.75, 3.05) is 0 Å². The van der Waals surface area contributed by atoms with E-state index < -0.39 is 0 Å². The van der Waals surface area contributed by atoms with Crippen LogP contribution in [0.2, 0.25) is 0 Å². The standard InChI is InChI=1S/C20H18/c1-3-9-15(10-4-1)19-17-13-7-8-14-18(17)20(19)16-11-5-2-6-12-16/h1-6,9-12H,7-8,13-14H2. The largest absolute Gasteiger partial charge is 0.0622 e. The van der Waals surface area contributed by atoms with Crippen LogP contribution >= 0.6 is 0 Å². The van der Waals surface area contributed by atoms with Crippen molar-refractivity contribution in [3.05, 3.63) is 82.9 Å². The summed E-state index contributed by atoms with van der Waals surface area (Å²) in [5.74, 6) is 0. The lowest BCUT2D eigenvalue weighted by atomic mass is 9.68. The highest BCUT2D eigenvalue weighted by Crippen LogP contribution is 2.52. The van der Waals surface area contributed by atoms with E-state index in [-0.39, 0.29) is 0 Å². The van der Waals surface area contributed by atoms with Gasteiger partial charge in [0.2, 0.25) is 0 Å². The number of allylic oxidation sites excluding steroid dienone is 4. The van der Waals surface area contributed by atoms with Crippen LogP contribution < -0.4 is 0 Å².